The lowest BCUT2D eigenvalue weighted by Crippen LogP contribution is -2.46. The zero-order valence-corrected chi connectivity index (χ0v) is 9.79. The van der Waals surface area contributed by atoms with Gasteiger partial charge in [0, 0.05) is 19.0 Å². The molecule has 0 saturated carbocycles. The van der Waals surface area contributed by atoms with E-state index in [-0.39, 0.29) is 18.5 Å². The first-order chi connectivity index (χ1) is 9.02. The van der Waals surface area contributed by atoms with E-state index in [0.29, 0.717) is 0 Å². The van der Waals surface area contributed by atoms with Gasteiger partial charge in [0.15, 0.2) is 17.5 Å². The summed E-state index contributed by atoms with van der Waals surface area (Å²) >= 11 is 0. The summed E-state index contributed by atoms with van der Waals surface area (Å²) in [5, 5.41) is 13.3. The maximum Gasteiger partial charge on any atom is 0.280 e. The molecule has 1 aromatic carbocycles. The number of nitro benzene ring substituents is 1. The first-order valence-electron chi connectivity index (χ1n) is 5.60. The summed E-state index contributed by atoms with van der Waals surface area (Å²) in [6.07, 6.45) is 0.0583. The highest BCUT2D eigenvalue weighted by Crippen LogP contribution is 2.23. The van der Waals surface area contributed by atoms with Crippen LogP contribution in [0.1, 0.15) is 16.8 Å². The fourth-order valence-electron chi connectivity index (χ4n) is 1.96. The number of carbonyl (C=O) groups excluding carboxylic acids is 3. The fraction of sp³-hybridized carbons (Fsp3) is 0.250. The van der Waals surface area contributed by atoms with Gasteiger partial charge in [-0.1, -0.05) is 12.1 Å². The zero-order valence-electron chi connectivity index (χ0n) is 9.79. The van der Waals surface area contributed by atoms with Crippen LogP contribution in [0.25, 0.3) is 0 Å². The summed E-state index contributed by atoms with van der Waals surface area (Å²) < 4.78 is 0. The molecule has 1 N–H and O–H groups in total. The smallest absolute Gasteiger partial charge is 0.280 e. The van der Waals surface area contributed by atoms with Crippen molar-refractivity contribution in [2.24, 2.45) is 5.92 Å². The lowest BCUT2D eigenvalue weighted by Gasteiger charge is -2.19. The third-order valence-electron chi connectivity index (χ3n) is 2.88. The minimum absolute atomic E-state index is 0.0583. The maximum atomic E-state index is 12.2. The van der Waals surface area contributed by atoms with Crippen molar-refractivity contribution in [3.63, 3.8) is 0 Å². The summed E-state index contributed by atoms with van der Waals surface area (Å²) in [7, 11) is 0. The van der Waals surface area contributed by atoms with Crippen molar-refractivity contribution in [1.29, 1.82) is 0 Å². The summed E-state index contributed by atoms with van der Waals surface area (Å²) in [5.41, 5.74) is -0.624. The Morgan fingerprint density at radius 1 is 1.32 bits per heavy atom. The molecule has 0 spiro atoms. The molecule has 1 saturated heterocycles. The van der Waals surface area contributed by atoms with Crippen molar-refractivity contribution in [2.45, 2.75) is 6.42 Å². The summed E-state index contributed by atoms with van der Waals surface area (Å²) in [6, 6.07) is 5.27. The molecule has 1 fully saturated rings. The van der Waals surface area contributed by atoms with Crippen LogP contribution in [0, 0.1) is 16.0 Å². The zero-order chi connectivity index (χ0) is 14.0. The van der Waals surface area contributed by atoms with Gasteiger partial charge in [0.05, 0.1) is 10.5 Å². The predicted octanol–water partition coefficient (Wildman–Crippen LogP) is 0.483. The van der Waals surface area contributed by atoms with Crippen molar-refractivity contribution in [1.82, 2.24) is 5.32 Å². The summed E-state index contributed by atoms with van der Waals surface area (Å²) in [5.74, 6) is -3.50. The third-order valence-corrected chi connectivity index (χ3v) is 2.88. The number of Topliss-reactive ketones (excluding diaryl/α,β-unsaturated/α-hetero) is 2. The van der Waals surface area contributed by atoms with E-state index in [1.54, 1.807) is 0 Å². The van der Waals surface area contributed by atoms with E-state index in [4.69, 9.17) is 0 Å². The maximum absolute atomic E-state index is 12.2. The predicted molar refractivity (Wildman–Crippen MR) is 63.6 cm³/mol. The molecule has 0 radical (unpaired) electrons. The standard InChI is InChI=1S/C12H10N2O5/c15-9-5-6-13-12(17)10(9)11(16)7-3-1-2-4-8(7)14(18)19/h1-4,10H,5-6H2,(H,13,17). The third kappa shape index (κ3) is 2.35. The number of rotatable bonds is 3. The van der Waals surface area contributed by atoms with Crippen LogP contribution in [-0.4, -0.2) is 28.9 Å². The van der Waals surface area contributed by atoms with Crippen LogP contribution in [0.2, 0.25) is 0 Å². The number of hydrogen-bond donors (Lipinski definition) is 1. The van der Waals surface area contributed by atoms with E-state index >= 15 is 0 Å². The molecule has 1 aliphatic rings. The van der Waals surface area contributed by atoms with Crippen LogP contribution in [0.4, 0.5) is 5.69 Å². The number of piperidine rings is 1. The van der Waals surface area contributed by atoms with Crippen LogP contribution in [-0.2, 0) is 9.59 Å². The van der Waals surface area contributed by atoms with Crippen molar-refractivity contribution in [2.75, 3.05) is 6.54 Å². The van der Waals surface area contributed by atoms with Crippen molar-refractivity contribution >= 4 is 23.2 Å². The Kier molecular flexibility index (Phi) is 3.37. The van der Waals surface area contributed by atoms with E-state index in [1.807, 2.05) is 0 Å². The molecule has 1 amide bonds. The number of hydrogen-bond acceptors (Lipinski definition) is 5. The second-order valence-corrected chi connectivity index (χ2v) is 4.08. The Labute approximate surface area is 107 Å². The van der Waals surface area contributed by atoms with Crippen LogP contribution in [0.15, 0.2) is 24.3 Å². The van der Waals surface area contributed by atoms with Crippen LogP contribution >= 0.6 is 0 Å². The lowest BCUT2D eigenvalue weighted by atomic mass is 9.88. The van der Waals surface area contributed by atoms with Crippen LogP contribution in [0.3, 0.4) is 0 Å². The van der Waals surface area contributed by atoms with Gasteiger partial charge in [-0.15, -0.1) is 0 Å². The summed E-state index contributed by atoms with van der Waals surface area (Å²) in [4.78, 5) is 45.5. The van der Waals surface area contributed by atoms with Crippen molar-refractivity contribution < 1.29 is 19.3 Å². The van der Waals surface area contributed by atoms with E-state index in [2.05, 4.69) is 5.32 Å². The van der Waals surface area contributed by atoms with Crippen molar-refractivity contribution in [3.8, 4) is 0 Å². The van der Waals surface area contributed by atoms with E-state index in [9.17, 15) is 24.5 Å². The largest absolute Gasteiger partial charge is 0.355 e. The molecule has 98 valence electrons. The molecule has 0 aliphatic carbocycles. The molecule has 19 heavy (non-hydrogen) atoms. The minimum Gasteiger partial charge on any atom is -0.355 e. The Balaban J connectivity index is 2.41. The molecule has 1 aromatic rings. The number of nitrogens with one attached hydrogen (secondary N) is 1. The van der Waals surface area contributed by atoms with Gasteiger partial charge in [0.1, 0.15) is 0 Å². The number of ketones is 2. The minimum atomic E-state index is -1.48. The number of amides is 1. The molecular formula is C12H10N2O5. The Morgan fingerprint density at radius 2 is 2.00 bits per heavy atom. The second kappa shape index (κ2) is 4.97. The van der Waals surface area contributed by atoms with E-state index < -0.39 is 34.0 Å². The average Bonchev–Trinajstić information content (AvgIpc) is 2.38. The van der Waals surface area contributed by atoms with Crippen molar-refractivity contribution in [3.05, 3.63) is 39.9 Å². The highest BCUT2D eigenvalue weighted by atomic mass is 16.6. The second-order valence-electron chi connectivity index (χ2n) is 4.08. The molecule has 0 bridgehead atoms. The first kappa shape index (κ1) is 12.9. The van der Waals surface area contributed by atoms with Crippen LogP contribution < -0.4 is 5.32 Å². The number of carbonyl (C=O) groups is 3. The monoisotopic (exact) mass is 262 g/mol. The SMILES string of the molecule is O=C1CCNC(=O)C1C(=O)c1ccccc1[N+](=O)[O-]. The molecule has 1 unspecified atom stereocenters. The number of nitro groups is 1. The first-order valence-corrected chi connectivity index (χ1v) is 5.60. The van der Waals surface area contributed by atoms with Gasteiger partial charge in [-0.3, -0.25) is 24.5 Å². The quantitative estimate of drug-likeness (QED) is 0.369. The van der Waals surface area contributed by atoms with Gasteiger partial charge in [-0.25, -0.2) is 0 Å². The lowest BCUT2D eigenvalue weighted by molar-refractivity contribution is -0.385. The van der Waals surface area contributed by atoms with Gasteiger partial charge in [-0.05, 0) is 6.07 Å². The number of para-hydroxylation sites is 1. The summed E-state index contributed by atoms with van der Waals surface area (Å²) in [6.45, 7) is 0.193. The Morgan fingerprint density at radius 3 is 2.63 bits per heavy atom. The molecule has 1 atom stereocenters. The Hall–Kier alpha value is -2.57. The molecule has 2 rings (SSSR count). The highest BCUT2D eigenvalue weighted by molar-refractivity contribution is 6.25. The molecule has 0 aromatic heterocycles. The molecule has 7 nitrogen and oxygen atoms in total. The topological polar surface area (TPSA) is 106 Å². The number of nitrogens with zero attached hydrogens (tertiary/aromatic N) is 1. The van der Waals surface area contributed by atoms with Gasteiger partial charge in [-0.2, -0.15) is 0 Å². The van der Waals surface area contributed by atoms with Gasteiger partial charge < -0.3 is 5.32 Å². The Bertz CT molecular complexity index is 565. The average molecular weight is 262 g/mol. The highest BCUT2D eigenvalue weighted by Gasteiger charge is 2.39. The van der Waals surface area contributed by atoms with Gasteiger partial charge in [0.2, 0.25) is 5.91 Å². The van der Waals surface area contributed by atoms with Crippen LogP contribution in [0.5, 0.6) is 0 Å². The molecule has 1 heterocycles. The number of benzene rings is 1. The fourth-order valence-corrected chi connectivity index (χ4v) is 1.96. The van der Waals surface area contributed by atoms with Gasteiger partial charge >= 0.3 is 0 Å². The molecular weight excluding hydrogens is 252 g/mol. The normalized spacial score (nSPS) is 18.8. The molecule has 1 aliphatic heterocycles. The van der Waals surface area contributed by atoms with E-state index in [1.165, 1.54) is 24.3 Å². The van der Waals surface area contributed by atoms with E-state index in [0.717, 1.165) is 0 Å². The molecule has 7 heteroatoms. The van der Waals surface area contributed by atoms with Gasteiger partial charge in [0.25, 0.3) is 5.69 Å².